The number of hydrogen-bond donors (Lipinski definition) is 12. The number of aliphatic hydroxyl groups excluding tert-OH is 2. The highest BCUT2D eigenvalue weighted by Crippen LogP contribution is 2.58. The van der Waals surface area contributed by atoms with Crippen LogP contribution in [-0.2, 0) is 49.6 Å². The molecule has 0 heterocycles. The molecule has 14 N–H and O–H groups in total. The number of benzene rings is 2. The zero-order valence-corrected chi connectivity index (χ0v) is 33.1. The molecule has 22 heteroatoms. The lowest BCUT2D eigenvalue weighted by Gasteiger charge is -2.56. The van der Waals surface area contributed by atoms with E-state index >= 15 is 0 Å². The summed E-state index contributed by atoms with van der Waals surface area (Å²) in [6, 6.07) is 1.35. The van der Waals surface area contributed by atoms with Crippen molar-refractivity contribution in [2.45, 2.75) is 60.5 Å². The number of phenolic OH excluding ortho intramolecular Hbond substituents is 2. The van der Waals surface area contributed by atoms with Crippen molar-refractivity contribution in [3.05, 3.63) is 52.6 Å². The molecule has 0 aromatic heterocycles. The summed E-state index contributed by atoms with van der Waals surface area (Å²) < 4.78 is 0. The molecular formula is C41H40N4O18. The van der Waals surface area contributed by atoms with Crippen LogP contribution in [0.2, 0.25) is 0 Å². The van der Waals surface area contributed by atoms with Crippen LogP contribution < -0.4 is 22.1 Å². The van der Waals surface area contributed by atoms with E-state index in [9.17, 15) is 88.8 Å². The summed E-state index contributed by atoms with van der Waals surface area (Å²) >= 11 is 0. The number of hydrogen-bond acceptors (Lipinski definition) is 20. The Labute approximate surface area is 353 Å². The number of carbonyl (C=O) groups is 10. The fraction of sp³-hybridized carbons (Fsp3) is 0.463. The number of primary amides is 1. The number of phenols is 2. The minimum Gasteiger partial charge on any atom is -0.507 e. The Hall–Kier alpha value is -5.98. The van der Waals surface area contributed by atoms with E-state index in [0.717, 1.165) is 39.1 Å². The second-order valence-electron chi connectivity index (χ2n) is 17.5. The number of likely N-dealkylation sites (N-methyl/N-ethyl adjacent to an activating group) is 1. The van der Waals surface area contributed by atoms with Crippen molar-refractivity contribution in [2.24, 2.45) is 58.8 Å². The number of nitrogens with one attached hydrogen (secondary N) is 2. The van der Waals surface area contributed by atoms with Gasteiger partial charge in [-0.25, -0.2) is 0 Å². The molecule has 2 amide bonds. The molecule has 2 aromatic rings. The number of amides is 2. The fourth-order valence-electron chi connectivity index (χ4n) is 11.5. The maximum absolute atomic E-state index is 14.3. The molecule has 0 saturated heterocycles. The summed E-state index contributed by atoms with van der Waals surface area (Å²) in [6.07, 6.45) is -4.46. The molecule has 6 aliphatic carbocycles. The van der Waals surface area contributed by atoms with Gasteiger partial charge in [-0.05, 0) is 44.2 Å². The first-order valence-corrected chi connectivity index (χ1v) is 19.5. The first-order chi connectivity index (χ1) is 29.2. The summed E-state index contributed by atoms with van der Waals surface area (Å²) in [5.41, 5.74) is -3.39. The van der Waals surface area contributed by atoms with Crippen LogP contribution in [0.5, 0.6) is 11.5 Å². The molecule has 0 radical (unpaired) electrons. The third kappa shape index (κ3) is 5.10. The monoisotopic (exact) mass is 876 g/mol. The van der Waals surface area contributed by atoms with Gasteiger partial charge in [0.15, 0.2) is 69.3 Å². The average Bonchev–Trinajstić information content (AvgIpc) is 3.19. The van der Waals surface area contributed by atoms with Crippen LogP contribution in [-0.4, -0.2) is 141 Å². The van der Waals surface area contributed by atoms with Gasteiger partial charge in [0.1, 0.15) is 11.5 Å². The molecule has 6 aliphatic rings. The van der Waals surface area contributed by atoms with Crippen molar-refractivity contribution < 1.29 is 88.8 Å². The van der Waals surface area contributed by atoms with Crippen LogP contribution in [0.3, 0.4) is 0 Å². The van der Waals surface area contributed by atoms with Gasteiger partial charge in [0.05, 0.1) is 76.0 Å². The van der Waals surface area contributed by atoms with Gasteiger partial charge < -0.3 is 63.0 Å². The predicted molar refractivity (Wildman–Crippen MR) is 203 cm³/mol. The van der Waals surface area contributed by atoms with Gasteiger partial charge in [-0.15, -0.1) is 0 Å². The number of aromatic hydroxyl groups is 2. The lowest BCUT2D eigenvalue weighted by molar-refractivity contribution is -0.206. The van der Waals surface area contributed by atoms with Crippen LogP contribution in [0.4, 0.5) is 5.69 Å². The summed E-state index contributed by atoms with van der Waals surface area (Å²) in [5.74, 6) is -35.2. The fourth-order valence-corrected chi connectivity index (χ4v) is 11.5. The van der Waals surface area contributed by atoms with Crippen LogP contribution in [0.1, 0.15) is 45.7 Å². The lowest BCUT2D eigenvalue weighted by Crippen LogP contribution is -2.78. The van der Waals surface area contributed by atoms with Gasteiger partial charge >= 0.3 is 0 Å². The average molecular weight is 877 g/mol. The maximum atomic E-state index is 14.3. The van der Waals surface area contributed by atoms with Gasteiger partial charge in [0, 0.05) is 11.8 Å². The van der Waals surface area contributed by atoms with E-state index in [-0.39, 0.29) is 5.56 Å². The van der Waals surface area contributed by atoms with Gasteiger partial charge in [-0.3, -0.25) is 47.9 Å². The van der Waals surface area contributed by atoms with Crippen LogP contribution >= 0.6 is 0 Å². The predicted octanol–water partition coefficient (Wildman–Crippen LogP) is -5.47. The zero-order valence-electron chi connectivity index (χ0n) is 33.1. The summed E-state index contributed by atoms with van der Waals surface area (Å²) in [7, 11) is 1.15. The van der Waals surface area contributed by atoms with Gasteiger partial charge in [0.25, 0.3) is 0 Å². The van der Waals surface area contributed by atoms with E-state index in [2.05, 4.69) is 5.32 Å². The highest BCUT2D eigenvalue weighted by atomic mass is 16.3. The second kappa shape index (κ2) is 13.5. The van der Waals surface area contributed by atoms with Crippen molar-refractivity contribution in [3.63, 3.8) is 0 Å². The van der Waals surface area contributed by atoms with Crippen LogP contribution in [0, 0.1) is 47.3 Å². The van der Waals surface area contributed by atoms with Crippen molar-refractivity contribution in [1.29, 1.82) is 0 Å². The Morgan fingerprint density at radius 1 is 0.651 bits per heavy atom. The molecule has 16 atom stereocenters. The lowest BCUT2D eigenvalue weighted by atomic mass is 9.48. The number of fused-ring (bicyclic) bond motifs is 6. The topological polar surface area (TPSA) is 409 Å². The minimum atomic E-state index is -3.55. The molecule has 8 rings (SSSR count). The molecule has 63 heavy (non-hydrogen) atoms. The van der Waals surface area contributed by atoms with Crippen LogP contribution in [0.15, 0.2) is 30.3 Å². The number of aliphatic hydroxyl groups is 6. The Morgan fingerprint density at radius 3 is 1.68 bits per heavy atom. The Bertz CT molecular complexity index is 2590. The van der Waals surface area contributed by atoms with E-state index in [0.29, 0.717) is 0 Å². The smallest absolute Gasteiger partial charge is 0.242 e. The summed E-state index contributed by atoms with van der Waals surface area (Å²) in [5, 5.41) is 97.2. The summed E-state index contributed by atoms with van der Waals surface area (Å²) in [4.78, 5) is 138. The van der Waals surface area contributed by atoms with E-state index in [1.54, 1.807) is 0 Å². The molecular weight excluding hydrogens is 836 g/mol. The van der Waals surface area contributed by atoms with Gasteiger partial charge in [-0.2, -0.15) is 0 Å². The number of Topliss-reactive ketones (excluding diaryl/α,β-unsaturated/α-hetero) is 8. The normalized spacial score (nSPS) is 41.7. The third-order valence-corrected chi connectivity index (χ3v) is 14.5. The molecule has 0 aliphatic heterocycles. The quantitative estimate of drug-likeness (QED) is 0.101. The number of rotatable bonds is 4. The molecule has 4 fully saturated rings. The second-order valence-corrected chi connectivity index (χ2v) is 17.5. The van der Waals surface area contributed by atoms with E-state index in [1.807, 2.05) is 5.32 Å². The first kappa shape index (κ1) is 43.7. The molecule has 2 aromatic carbocycles. The first-order valence-electron chi connectivity index (χ1n) is 19.5. The Balaban J connectivity index is 1.15. The standard InChI is InChI=1S/C41H40N4O18/c1-38(60)9-5-4-6-12(46)13(9)26(48)15-19(38)30(52)21-23(42)28(50)18(35(57)40(21,62)32(15)54)37(59)45-11-8-7-10-14(25(11)47)27(49)16-20(39(10,2)61)31(53)22-24(44-3)29(51)17(36(43)58)34(56)41(22,63)33(16)55/h4-8,15-24,30-31,44,46-47,52-53,60-63H,42H2,1-3H3,(H2,43,58)(H,45,59). The zero-order chi connectivity index (χ0) is 46.7. The van der Waals surface area contributed by atoms with Crippen molar-refractivity contribution in [3.8, 4) is 11.5 Å². The number of anilines is 1. The van der Waals surface area contributed by atoms with E-state index < -0.39 is 186 Å². The minimum absolute atomic E-state index is 0.215. The van der Waals surface area contributed by atoms with Crippen molar-refractivity contribution in [2.75, 3.05) is 12.4 Å². The molecule has 4 saturated carbocycles. The maximum Gasteiger partial charge on any atom is 0.242 e. The molecule has 16 unspecified atom stereocenters. The van der Waals surface area contributed by atoms with Crippen molar-refractivity contribution in [1.82, 2.24) is 5.32 Å². The highest BCUT2D eigenvalue weighted by molar-refractivity contribution is 6.35. The van der Waals surface area contributed by atoms with Gasteiger partial charge in [-0.1, -0.05) is 18.2 Å². The number of nitrogens with two attached hydrogens (primary N) is 2. The van der Waals surface area contributed by atoms with Crippen molar-refractivity contribution >= 4 is 63.8 Å². The Kier molecular flexibility index (Phi) is 9.37. The highest BCUT2D eigenvalue weighted by Gasteiger charge is 2.76. The molecule has 0 bridgehead atoms. The Morgan fingerprint density at radius 2 is 1.14 bits per heavy atom. The SMILES string of the molecule is CNC1C(=O)C(C(N)=O)C(=O)C2(O)C(=O)C3C(=O)c4c(ccc(NC(=O)C5C(=O)C(N)C6C(O)C7C(C(=O)c8c(O)cccc8C7(C)O)C(=O)C6(O)C5=O)c4O)C(C)(O)C3C(O)C12. The van der Waals surface area contributed by atoms with E-state index in [4.69, 9.17) is 11.5 Å². The molecule has 22 nitrogen and oxygen atoms in total. The number of ketones is 8. The summed E-state index contributed by atoms with van der Waals surface area (Å²) in [6.45, 7) is 2.09. The number of carbonyl (C=O) groups excluding carboxylic acids is 10. The van der Waals surface area contributed by atoms with Gasteiger partial charge in [0.2, 0.25) is 11.8 Å². The third-order valence-electron chi connectivity index (χ3n) is 14.5. The van der Waals surface area contributed by atoms with Crippen LogP contribution in [0.25, 0.3) is 0 Å². The molecule has 332 valence electrons. The van der Waals surface area contributed by atoms with E-state index in [1.165, 1.54) is 12.1 Å². The largest absolute Gasteiger partial charge is 0.507 e. The molecule has 0 spiro atoms.